The van der Waals surface area contributed by atoms with Gasteiger partial charge in [-0.05, 0) is 44.6 Å². The molecule has 108 valence electrons. The summed E-state index contributed by atoms with van der Waals surface area (Å²) in [6.45, 7) is 6.60. The highest BCUT2D eigenvalue weighted by molar-refractivity contribution is 7.19. The Morgan fingerprint density at radius 3 is 2.85 bits per heavy atom. The van der Waals surface area contributed by atoms with E-state index in [9.17, 15) is 0 Å². The summed E-state index contributed by atoms with van der Waals surface area (Å²) in [5.41, 5.74) is 1.54. The Hall–Kier alpha value is -1.16. The van der Waals surface area contributed by atoms with Gasteiger partial charge in [0.1, 0.15) is 17.0 Å². The molecule has 3 nitrogen and oxygen atoms in total. The molecule has 0 aromatic carbocycles. The van der Waals surface area contributed by atoms with Crippen LogP contribution in [0.15, 0.2) is 6.33 Å². The number of hydrogen-bond donors (Lipinski definition) is 0. The van der Waals surface area contributed by atoms with E-state index in [4.69, 9.17) is 0 Å². The lowest BCUT2D eigenvalue weighted by Crippen LogP contribution is -2.25. The molecule has 2 aromatic heterocycles. The number of anilines is 1. The monoisotopic (exact) mass is 289 g/mol. The predicted molar refractivity (Wildman–Crippen MR) is 86.9 cm³/mol. The van der Waals surface area contributed by atoms with Gasteiger partial charge < -0.3 is 4.90 Å². The molecule has 0 bridgehead atoms. The first kappa shape index (κ1) is 13.8. The number of unbranched alkanes of at least 4 members (excludes halogenated alkanes) is 1. The first-order valence-electron chi connectivity index (χ1n) is 7.85. The van der Waals surface area contributed by atoms with E-state index in [-0.39, 0.29) is 0 Å². The third-order valence-corrected chi connectivity index (χ3v) is 5.39. The lowest BCUT2D eigenvalue weighted by molar-refractivity contribution is 0.698. The number of nitrogens with zero attached hydrogens (tertiary/aromatic N) is 3. The highest BCUT2D eigenvalue weighted by Crippen LogP contribution is 2.39. The Balaban J connectivity index is 2.07. The van der Waals surface area contributed by atoms with E-state index in [0.29, 0.717) is 0 Å². The molecular weight excluding hydrogens is 266 g/mol. The maximum Gasteiger partial charge on any atom is 0.141 e. The molecule has 4 heteroatoms. The second kappa shape index (κ2) is 6.08. The van der Waals surface area contributed by atoms with Crippen LogP contribution in [-0.4, -0.2) is 23.1 Å². The van der Waals surface area contributed by atoms with Crippen molar-refractivity contribution in [3.05, 3.63) is 16.8 Å². The summed E-state index contributed by atoms with van der Waals surface area (Å²) in [7, 11) is 0. The maximum absolute atomic E-state index is 4.63. The fraction of sp³-hybridized carbons (Fsp3) is 0.625. The number of thiophene rings is 1. The molecule has 1 aliphatic carbocycles. The molecule has 0 aliphatic heterocycles. The lowest BCUT2D eigenvalue weighted by atomic mass is 9.97. The van der Waals surface area contributed by atoms with Gasteiger partial charge in [-0.1, -0.05) is 13.3 Å². The topological polar surface area (TPSA) is 29.0 Å². The molecule has 0 radical (unpaired) electrons. The van der Waals surface area contributed by atoms with E-state index in [0.717, 1.165) is 13.1 Å². The Kier molecular flexibility index (Phi) is 4.20. The smallest absolute Gasteiger partial charge is 0.141 e. The lowest BCUT2D eigenvalue weighted by Gasteiger charge is -2.23. The van der Waals surface area contributed by atoms with Gasteiger partial charge in [-0.15, -0.1) is 11.3 Å². The first-order valence-corrected chi connectivity index (χ1v) is 8.67. The van der Waals surface area contributed by atoms with Gasteiger partial charge in [0.25, 0.3) is 0 Å². The van der Waals surface area contributed by atoms with E-state index in [1.54, 1.807) is 16.8 Å². The van der Waals surface area contributed by atoms with Gasteiger partial charge in [-0.25, -0.2) is 9.97 Å². The van der Waals surface area contributed by atoms with Crippen molar-refractivity contribution >= 4 is 27.4 Å². The van der Waals surface area contributed by atoms with E-state index in [2.05, 4.69) is 28.7 Å². The van der Waals surface area contributed by atoms with Gasteiger partial charge in [0.05, 0.1) is 5.39 Å². The average molecular weight is 289 g/mol. The van der Waals surface area contributed by atoms with Crippen molar-refractivity contribution in [3.63, 3.8) is 0 Å². The largest absolute Gasteiger partial charge is 0.356 e. The second-order valence-corrected chi connectivity index (χ2v) is 6.61. The number of aryl methyl sites for hydroxylation is 2. The Bertz CT molecular complexity index is 591. The molecule has 20 heavy (non-hydrogen) atoms. The second-order valence-electron chi connectivity index (χ2n) is 5.52. The number of fused-ring (bicyclic) bond motifs is 3. The Morgan fingerprint density at radius 2 is 2.05 bits per heavy atom. The fourth-order valence-corrected chi connectivity index (χ4v) is 4.30. The minimum atomic E-state index is 1.02. The molecule has 3 rings (SSSR count). The van der Waals surface area contributed by atoms with Crippen LogP contribution in [0.4, 0.5) is 5.82 Å². The van der Waals surface area contributed by atoms with Crippen molar-refractivity contribution in [1.82, 2.24) is 9.97 Å². The average Bonchev–Trinajstić information content (AvgIpc) is 2.87. The summed E-state index contributed by atoms with van der Waals surface area (Å²) < 4.78 is 0. The summed E-state index contributed by atoms with van der Waals surface area (Å²) in [4.78, 5) is 14.3. The van der Waals surface area contributed by atoms with E-state index in [1.165, 1.54) is 54.6 Å². The maximum atomic E-state index is 4.63. The molecule has 0 saturated carbocycles. The summed E-state index contributed by atoms with van der Waals surface area (Å²) in [5.74, 6) is 1.17. The van der Waals surface area contributed by atoms with Crippen molar-refractivity contribution in [2.75, 3.05) is 18.0 Å². The third kappa shape index (κ3) is 2.41. The highest BCUT2D eigenvalue weighted by atomic mass is 32.1. The molecule has 0 saturated heterocycles. The molecule has 0 fully saturated rings. The molecule has 0 unspecified atom stereocenters. The van der Waals surface area contributed by atoms with Crippen LogP contribution in [-0.2, 0) is 12.8 Å². The van der Waals surface area contributed by atoms with Gasteiger partial charge in [0.2, 0.25) is 0 Å². The molecule has 1 aliphatic rings. The van der Waals surface area contributed by atoms with E-state index >= 15 is 0 Å². The minimum absolute atomic E-state index is 1.02. The summed E-state index contributed by atoms with van der Waals surface area (Å²) in [6.07, 6.45) is 9.29. The van der Waals surface area contributed by atoms with Crippen molar-refractivity contribution < 1.29 is 0 Å². The first-order chi connectivity index (χ1) is 9.85. The SMILES string of the molecule is CCCCN(CC)c1ncnc2sc3c(c12)CCCC3. The third-order valence-electron chi connectivity index (χ3n) is 4.19. The number of aromatic nitrogens is 2. The van der Waals surface area contributed by atoms with Crippen molar-refractivity contribution in [1.29, 1.82) is 0 Å². The van der Waals surface area contributed by atoms with Crippen LogP contribution in [0.2, 0.25) is 0 Å². The zero-order chi connectivity index (χ0) is 13.9. The summed E-state index contributed by atoms with van der Waals surface area (Å²) in [5, 5.41) is 1.35. The van der Waals surface area contributed by atoms with Crippen LogP contribution in [0.25, 0.3) is 10.2 Å². The molecule has 2 heterocycles. The zero-order valence-electron chi connectivity index (χ0n) is 12.5. The van der Waals surface area contributed by atoms with Crippen LogP contribution in [0.3, 0.4) is 0 Å². The normalized spacial score (nSPS) is 14.5. The van der Waals surface area contributed by atoms with Crippen LogP contribution >= 0.6 is 11.3 Å². The summed E-state index contributed by atoms with van der Waals surface area (Å²) in [6, 6.07) is 0. The molecule has 2 aromatic rings. The van der Waals surface area contributed by atoms with Crippen LogP contribution in [0, 0.1) is 0 Å². The predicted octanol–water partition coefficient (Wildman–Crippen LogP) is 4.20. The van der Waals surface area contributed by atoms with Crippen LogP contribution in [0.5, 0.6) is 0 Å². The van der Waals surface area contributed by atoms with Gasteiger partial charge in [0, 0.05) is 18.0 Å². The zero-order valence-corrected chi connectivity index (χ0v) is 13.3. The summed E-state index contributed by atoms with van der Waals surface area (Å²) >= 11 is 1.89. The number of hydrogen-bond acceptors (Lipinski definition) is 4. The van der Waals surface area contributed by atoms with Gasteiger partial charge in [-0.2, -0.15) is 0 Å². The van der Waals surface area contributed by atoms with Crippen molar-refractivity contribution in [2.24, 2.45) is 0 Å². The van der Waals surface area contributed by atoms with Crippen molar-refractivity contribution in [3.8, 4) is 0 Å². The van der Waals surface area contributed by atoms with Gasteiger partial charge in [0.15, 0.2) is 0 Å². The molecule has 0 spiro atoms. The van der Waals surface area contributed by atoms with Crippen LogP contribution < -0.4 is 4.90 Å². The Morgan fingerprint density at radius 1 is 1.20 bits per heavy atom. The molecule has 0 atom stereocenters. The van der Waals surface area contributed by atoms with E-state index < -0.39 is 0 Å². The van der Waals surface area contributed by atoms with Crippen molar-refractivity contribution in [2.45, 2.75) is 52.4 Å². The standard InChI is InChI=1S/C16H23N3S/c1-3-5-10-19(4-2)15-14-12-8-6-7-9-13(12)20-16(14)18-11-17-15/h11H,3-10H2,1-2H3. The minimum Gasteiger partial charge on any atom is -0.356 e. The van der Waals surface area contributed by atoms with Gasteiger partial charge in [-0.3, -0.25) is 0 Å². The van der Waals surface area contributed by atoms with Crippen LogP contribution in [0.1, 0.15) is 50.0 Å². The molecule has 0 N–H and O–H groups in total. The van der Waals surface area contributed by atoms with Gasteiger partial charge >= 0.3 is 0 Å². The highest BCUT2D eigenvalue weighted by Gasteiger charge is 2.21. The molecule has 0 amide bonds. The fourth-order valence-electron chi connectivity index (χ4n) is 3.08. The van der Waals surface area contributed by atoms with E-state index in [1.807, 2.05) is 11.3 Å². The number of rotatable bonds is 5. The molecular formula is C16H23N3S. The quantitative estimate of drug-likeness (QED) is 0.826. The Labute approximate surface area is 125 Å².